The Morgan fingerprint density at radius 3 is 2.48 bits per heavy atom. The van der Waals surface area contributed by atoms with E-state index in [1.165, 1.54) is 44.5 Å². The molecule has 0 amide bonds. The lowest BCUT2D eigenvalue weighted by molar-refractivity contribution is 0.141. The van der Waals surface area contributed by atoms with Crippen LogP contribution in [0.3, 0.4) is 0 Å². The van der Waals surface area contributed by atoms with Crippen molar-refractivity contribution < 1.29 is 0 Å². The Kier molecular flexibility index (Phi) is 6.29. The van der Waals surface area contributed by atoms with Crippen LogP contribution < -0.4 is 5.32 Å². The van der Waals surface area contributed by atoms with E-state index in [1.54, 1.807) is 5.56 Å². The molecule has 1 aliphatic rings. The summed E-state index contributed by atoms with van der Waals surface area (Å²) in [5, 5.41) is 3.41. The van der Waals surface area contributed by atoms with Gasteiger partial charge in [-0.3, -0.25) is 0 Å². The smallest absolute Gasteiger partial charge is 0.0400 e. The van der Waals surface area contributed by atoms with Crippen LogP contribution in [0, 0.1) is 5.92 Å². The quantitative estimate of drug-likeness (QED) is 0.784. The second-order valence-electron chi connectivity index (χ2n) is 7.62. The van der Waals surface area contributed by atoms with Gasteiger partial charge in [-0.05, 0) is 61.7 Å². The molecule has 23 heavy (non-hydrogen) atoms. The van der Waals surface area contributed by atoms with E-state index in [2.05, 4.69) is 61.8 Å². The van der Waals surface area contributed by atoms with Crippen LogP contribution in [0.15, 0.2) is 36.5 Å². The number of benzene rings is 1. The van der Waals surface area contributed by atoms with E-state index in [0.717, 1.165) is 18.2 Å². The van der Waals surface area contributed by atoms with Crippen molar-refractivity contribution in [3.63, 3.8) is 0 Å². The minimum Gasteiger partial charge on any atom is -0.385 e. The van der Waals surface area contributed by atoms with Crippen molar-refractivity contribution in [2.45, 2.75) is 58.9 Å². The Bertz CT molecular complexity index is 510. The van der Waals surface area contributed by atoms with Gasteiger partial charge in [-0.1, -0.05) is 51.6 Å². The van der Waals surface area contributed by atoms with Gasteiger partial charge in [-0.2, -0.15) is 0 Å². The summed E-state index contributed by atoms with van der Waals surface area (Å²) in [6.07, 6.45) is 3.78. The van der Waals surface area contributed by atoms with Crippen LogP contribution in [0.4, 0.5) is 0 Å². The minimum absolute atomic E-state index is 0.348. The molecule has 0 unspecified atom stereocenters. The molecular weight excluding hydrogens is 280 g/mol. The van der Waals surface area contributed by atoms with Gasteiger partial charge in [0.15, 0.2) is 0 Å². The Morgan fingerprint density at radius 1 is 1.26 bits per heavy atom. The van der Waals surface area contributed by atoms with Crippen LogP contribution in [-0.2, 0) is 12.0 Å². The highest BCUT2D eigenvalue weighted by Gasteiger charge is 2.35. The van der Waals surface area contributed by atoms with Gasteiger partial charge in [-0.25, -0.2) is 0 Å². The van der Waals surface area contributed by atoms with Gasteiger partial charge in [0.05, 0.1) is 0 Å². The molecule has 2 heteroatoms. The molecule has 0 spiro atoms. The summed E-state index contributed by atoms with van der Waals surface area (Å²) in [6, 6.07) is 9.01. The molecule has 0 saturated carbocycles. The lowest BCUT2D eigenvalue weighted by Crippen LogP contribution is -2.44. The van der Waals surface area contributed by atoms with Crippen LogP contribution in [0.25, 0.3) is 0 Å². The highest BCUT2D eigenvalue weighted by Crippen LogP contribution is 2.40. The fourth-order valence-corrected chi connectivity index (χ4v) is 3.93. The molecule has 1 aromatic rings. The maximum atomic E-state index is 3.97. The van der Waals surface area contributed by atoms with Crippen molar-refractivity contribution in [3.05, 3.63) is 47.7 Å². The summed E-state index contributed by atoms with van der Waals surface area (Å²) >= 11 is 0. The molecule has 2 nitrogen and oxygen atoms in total. The average molecular weight is 315 g/mol. The van der Waals surface area contributed by atoms with Gasteiger partial charge >= 0.3 is 0 Å². The third kappa shape index (κ3) is 4.60. The molecule has 2 rings (SSSR count). The van der Waals surface area contributed by atoms with Crippen LogP contribution in [0.1, 0.15) is 58.1 Å². The fraction of sp³-hybridized carbons (Fsp3) is 0.619. The van der Waals surface area contributed by atoms with Crippen molar-refractivity contribution in [2.24, 2.45) is 5.92 Å². The summed E-state index contributed by atoms with van der Waals surface area (Å²) in [5.41, 5.74) is 4.38. The molecule has 1 heterocycles. The average Bonchev–Trinajstić information content (AvgIpc) is 2.54. The van der Waals surface area contributed by atoms with Gasteiger partial charge in [0.1, 0.15) is 0 Å². The van der Waals surface area contributed by atoms with Crippen molar-refractivity contribution in [3.8, 4) is 0 Å². The number of rotatable bonds is 7. The Hall–Kier alpha value is -1.28. The maximum absolute atomic E-state index is 3.97. The lowest BCUT2D eigenvalue weighted by Gasteiger charge is -2.43. The standard InChI is InChI=1S/C21H34N2/c1-6-21(11-13-23(14-12-21)16-17(2)3)20-10-8-7-9-19(20)15-22-18(4)5/h7-10,17,22H,4,6,11-16H2,1-3,5H3. The predicted molar refractivity (Wildman–Crippen MR) is 101 cm³/mol. The van der Waals surface area contributed by atoms with Crippen molar-refractivity contribution in [1.82, 2.24) is 10.2 Å². The van der Waals surface area contributed by atoms with Crippen LogP contribution in [-0.4, -0.2) is 24.5 Å². The molecule has 128 valence electrons. The molecule has 1 aromatic carbocycles. The Balaban J connectivity index is 2.16. The number of allylic oxidation sites excluding steroid dienone is 1. The number of nitrogens with one attached hydrogen (secondary N) is 1. The summed E-state index contributed by atoms with van der Waals surface area (Å²) in [7, 11) is 0. The zero-order valence-corrected chi connectivity index (χ0v) is 15.5. The van der Waals surface area contributed by atoms with E-state index in [4.69, 9.17) is 0 Å². The van der Waals surface area contributed by atoms with Crippen molar-refractivity contribution in [1.29, 1.82) is 0 Å². The van der Waals surface area contributed by atoms with Crippen LogP contribution >= 0.6 is 0 Å². The largest absolute Gasteiger partial charge is 0.385 e. The van der Waals surface area contributed by atoms with Gasteiger partial charge in [0.25, 0.3) is 0 Å². The summed E-state index contributed by atoms with van der Waals surface area (Å²) in [4.78, 5) is 2.65. The lowest BCUT2D eigenvalue weighted by atomic mass is 9.69. The van der Waals surface area contributed by atoms with Gasteiger partial charge in [-0.15, -0.1) is 0 Å². The third-order valence-corrected chi connectivity index (χ3v) is 5.28. The molecule has 0 atom stereocenters. The fourth-order valence-electron chi connectivity index (χ4n) is 3.93. The highest BCUT2D eigenvalue weighted by molar-refractivity contribution is 5.35. The maximum Gasteiger partial charge on any atom is 0.0400 e. The number of hydrogen-bond acceptors (Lipinski definition) is 2. The minimum atomic E-state index is 0.348. The first-order valence-electron chi connectivity index (χ1n) is 9.17. The summed E-state index contributed by atoms with van der Waals surface area (Å²) in [5.74, 6) is 0.760. The zero-order valence-electron chi connectivity index (χ0n) is 15.5. The van der Waals surface area contributed by atoms with Gasteiger partial charge in [0, 0.05) is 18.8 Å². The van der Waals surface area contributed by atoms with Crippen molar-refractivity contribution >= 4 is 0 Å². The van der Waals surface area contributed by atoms with Crippen molar-refractivity contribution in [2.75, 3.05) is 19.6 Å². The second-order valence-corrected chi connectivity index (χ2v) is 7.62. The SMILES string of the molecule is C=C(C)NCc1ccccc1C1(CC)CCN(CC(C)C)CC1. The summed E-state index contributed by atoms with van der Waals surface area (Å²) < 4.78 is 0. The van der Waals surface area contributed by atoms with Crippen LogP contribution in [0.2, 0.25) is 0 Å². The van der Waals surface area contributed by atoms with Gasteiger partial charge in [0.2, 0.25) is 0 Å². The first-order chi connectivity index (χ1) is 11.0. The molecule has 0 radical (unpaired) electrons. The normalized spacial score (nSPS) is 18.1. The first kappa shape index (κ1) is 18.1. The Labute approximate surface area is 143 Å². The number of piperidine rings is 1. The molecule has 1 saturated heterocycles. The molecular formula is C21H34N2. The van der Waals surface area contributed by atoms with E-state index >= 15 is 0 Å². The third-order valence-electron chi connectivity index (χ3n) is 5.28. The predicted octanol–water partition coefficient (Wildman–Crippen LogP) is 4.71. The number of likely N-dealkylation sites (tertiary alicyclic amines) is 1. The number of hydrogen-bond donors (Lipinski definition) is 1. The second kappa shape index (κ2) is 8.01. The summed E-state index contributed by atoms with van der Waals surface area (Å²) in [6.45, 7) is 17.6. The molecule has 1 N–H and O–H groups in total. The van der Waals surface area contributed by atoms with E-state index in [-0.39, 0.29) is 0 Å². The van der Waals surface area contributed by atoms with E-state index in [9.17, 15) is 0 Å². The van der Waals surface area contributed by atoms with E-state index < -0.39 is 0 Å². The molecule has 1 aliphatic heterocycles. The number of nitrogens with zero attached hydrogens (tertiary/aromatic N) is 1. The van der Waals surface area contributed by atoms with Gasteiger partial charge < -0.3 is 10.2 Å². The zero-order chi connectivity index (χ0) is 16.9. The van der Waals surface area contributed by atoms with E-state index in [0.29, 0.717) is 5.41 Å². The molecule has 1 fully saturated rings. The topological polar surface area (TPSA) is 15.3 Å². The van der Waals surface area contributed by atoms with E-state index in [1.807, 2.05) is 6.92 Å². The van der Waals surface area contributed by atoms with Crippen LogP contribution in [0.5, 0.6) is 0 Å². The molecule has 0 aliphatic carbocycles. The monoisotopic (exact) mass is 314 g/mol. The highest BCUT2D eigenvalue weighted by atomic mass is 15.1. The molecule has 0 aromatic heterocycles. The molecule has 0 bridgehead atoms. The Morgan fingerprint density at radius 2 is 1.91 bits per heavy atom. The first-order valence-corrected chi connectivity index (χ1v) is 9.17.